The summed E-state index contributed by atoms with van der Waals surface area (Å²) < 4.78 is 28.1. The Kier molecular flexibility index (Phi) is 24.1. The van der Waals surface area contributed by atoms with Crippen molar-refractivity contribution in [3.05, 3.63) is 85.1 Å². The first-order valence-electron chi connectivity index (χ1n) is 22.3. The van der Waals surface area contributed by atoms with Gasteiger partial charge in [0.2, 0.25) is 0 Å². The number of carbonyl (C=O) groups excluding carboxylic acids is 2. The van der Waals surface area contributed by atoms with Gasteiger partial charge in [-0.05, 0) is 26.2 Å². The van der Waals surface area contributed by atoms with Crippen molar-refractivity contribution in [1.82, 2.24) is 0 Å². The van der Waals surface area contributed by atoms with E-state index in [4.69, 9.17) is 29.4 Å². The van der Waals surface area contributed by atoms with Gasteiger partial charge in [0.1, 0.15) is 18.1 Å². The Morgan fingerprint density at radius 1 is 0.692 bits per heavy atom. The molecule has 18 atom stereocenters. The van der Waals surface area contributed by atoms with Crippen molar-refractivity contribution in [2.24, 2.45) is 23.5 Å². The fraction of sp³-hybridized carbons (Fsp3) is 0.660. The predicted molar refractivity (Wildman–Crippen MR) is 237 cm³/mol. The lowest BCUT2D eigenvalue weighted by atomic mass is 9.82. The summed E-state index contributed by atoms with van der Waals surface area (Å²) >= 11 is 0. The first-order chi connectivity index (χ1) is 30.7. The fourth-order valence-corrected chi connectivity index (χ4v) is 7.84. The zero-order valence-corrected chi connectivity index (χ0v) is 37.7. The number of rotatable bonds is 3. The molecule has 3 aliphatic heterocycles. The van der Waals surface area contributed by atoms with Crippen molar-refractivity contribution < 1.29 is 84.3 Å². The Bertz CT molecular complexity index is 1650. The van der Waals surface area contributed by atoms with Crippen molar-refractivity contribution in [3.63, 3.8) is 0 Å². The maximum atomic E-state index is 13.0. The molecule has 368 valence electrons. The third-order valence-corrected chi connectivity index (χ3v) is 11.9. The van der Waals surface area contributed by atoms with Crippen molar-refractivity contribution in [1.29, 1.82) is 0 Å². The number of allylic oxidation sites excluding steroid dienone is 12. The van der Waals surface area contributed by atoms with Crippen molar-refractivity contribution in [2.45, 2.75) is 164 Å². The molecule has 2 bridgehead atoms. The van der Waals surface area contributed by atoms with E-state index in [2.05, 4.69) is 0 Å². The van der Waals surface area contributed by atoms with Gasteiger partial charge in [0, 0.05) is 37.5 Å². The quantitative estimate of drug-likeness (QED) is 0.171. The van der Waals surface area contributed by atoms with Crippen molar-refractivity contribution in [2.75, 3.05) is 13.7 Å². The third kappa shape index (κ3) is 19.0. The van der Waals surface area contributed by atoms with Gasteiger partial charge >= 0.3 is 11.9 Å². The van der Waals surface area contributed by atoms with Crippen LogP contribution in [0.4, 0.5) is 0 Å². The number of aliphatic hydroxyl groups is 10. The zero-order chi connectivity index (χ0) is 48.3. The molecule has 0 aromatic heterocycles. The van der Waals surface area contributed by atoms with Gasteiger partial charge in [-0.2, -0.15) is 0 Å². The second-order valence-corrected chi connectivity index (χ2v) is 17.3. The van der Waals surface area contributed by atoms with Crippen LogP contribution in [-0.4, -0.2) is 168 Å². The fourth-order valence-electron chi connectivity index (χ4n) is 7.84. The minimum absolute atomic E-state index is 0.0938. The minimum Gasteiger partial charge on any atom is -0.469 e. The Morgan fingerprint density at radius 3 is 1.88 bits per heavy atom. The Morgan fingerprint density at radius 2 is 1.28 bits per heavy atom. The molecule has 2 saturated heterocycles. The molecular formula is C47H73NO17. The van der Waals surface area contributed by atoms with Gasteiger partial charge in [-0.1, -0.05) is 98.9 Å². The lowest BCUT2D eigenvalue weighted by molar-refractivity contribution is -0.306. The highest BCUT2D eigenvalue weighted by Gasteiger charge is 2.51. The average molecular weight is 924 g/mol. The van der Waals surface area contributed by atoms with Crippen LogP contribution >= 0.6 is 0 Å². The normalized spacial score (nSPS) is 44.3. The highest BCUT2D eigenvalue weighted by Crippen LogP contribution is 2.38. The van der Waals surface area contributed by atoms with Crippen LogP contribution in [0.3, 0.4) is 0 Å². The number of cyclic esters (lactones) is 1. The molecule has 3 heterocycles. The van der Waals surface area contributed by atoms with E-state index in [9.17, 15) is 60.7 Å². The number of ether oxygens (including phenoxy) is 5. The summed E-state index contributed by atoms with van der Waals surface area (Å²) in [5.74, 6) is -5.92. The minimum atomic E-state index is -2.27. The SMILES string of the molecule is COC(=O)C1[C@@H]2CC(O[C@@H]3OCC(O)[C@H](N)C3O)/C=C/C=C/C=C/C=C/C=C/C=C/C=C/[C@H](C)C(O)[C@@H](C)[C@H](C)OC(=O)CC(O)CC(O)CCC(O)C(O)CC(O)CC(O)(C[C@@H]1O)O2. The molecule has 65 heavy (non-hydrogen) atoms. The van der Waals surface area contributed by atoms with E-state index >= 15 is 0 Å². The smallest absolute Gasteiger partial charge is 0.313 e. The first-order valence-corrected chi connectivity index (χ1v) is 22.3. The summed E-state index contributed by atoms with van der Waals surface area (Å²) in [6, 6.07) is -1.11. The number of hydrogen-bond acceptors (Lipinski definition) is 18. The van der Waals surface area contributed by atoms with Crippen LogP contribution in [0, 0.1) is 17.8 Å². The van der Waals surface area contributed by atoms with Crippen molar-refractivity contribution >= 4 is 11.9 Å². The molecule has 18 nitrogen and oxygen atoms in total. The molecule has 0 amide bonds. The molecule has 3 aliphatic rings. The predicted octanol–water partition coefficient (Wildman–Crippen LogP) is 0.412. The second kappa shape index (κ2) is 28.0. The van der Waals surface area contributed by atoms with Crippen LogP contribution in [0.1, 0.15) is 72.1 Å². The highest BCUT2D eigenvalue weighted by molar-refractivity contribution is 5.74. The van der Waals surface area contributed by atoms with E-state index in [1.807, 2.05) is 37.3 Å². The molecule has 0 aliphatic carbocycles. The summed E-state index contributed by atoms with van der Waals surface area (Å²) in [5.41, 5.74) is 5.96. The number of hydrogen-bond donors (Lipinski definition) is 11. The molecule has 18 heteroatoms. The summed E-state index contributed by atoms with van der Waals surface area (Å²) in [5, 5.41) is 108. The van der Waals surface area contributed by atoms with Crippen LogP contribution in [-0.2, 0) is 33.3 Å². The monoisotopic (exact) mass is 923 g/mol. The van der Waals surface area contributed by atoms with Gasteiger partial charge in [-0.3, -0.25) is 9.59 Å². The van der Waals surface area contributed by atoms with E-state index in [-0.39, 0.29) is 38.2 Å². The summed E-state index contributed by atoms with van der Waals surface area (Å²) in [4.78, 5) is 25.6. The van der Waals surface area contributed by atoms with Crippen molar-refractivity contribution in [3.8, 4) is 0 Å². The van der Waals surface area contributed by atoms with Crippen LogP contribution in [0.5, 0.6) is 0 Å². The number of aliphatic hydroxyl groups excluding tert-OH is 9. The molecule has 0 spiro atoms. The largest absolute Gasteiger partial charge is 0.469 e. The van der Waals surface area contributed by atoms with E-state index < -0.39 is 141 Å². The zero-order valence-electron chi connectivity index (χ0n) is 37.7. The summed E-state index contributed by atoms with van der Waals surface area (Å²) in [6.07, 6.45) is 5.43. The molecule has 0 radical (unpaired) electrons. The molecule has 11 unspecified atom stereocenters. The van der Waals surface area contributed by atoms with Crippen LogP contribution in [0.15, 0.2) is 85.1 Å². The maximum Gasteiger partial charge on any atom is 0.313 e. The number of carbonyl (C=O) groups is 2. The second-order valence-electron chi connectivity index (χ2n) is 17.3. The average Bonchev–Trinajstić information content (AvgIpc) is 3.23. The van der Waals surface area contributed by atoms with Crippen LogP contribution < -0.4 is 5.73 Å². The number of nitrogens with two attached hydrogens (primary N) is 1. The van der Waals surface area contributed by atoms with Gasteiger partial charge < -0.3 is 80.5 Å². The molecule has 2 fully saturated rings. The Hall–Kier alpha value is -3.44. The van der Waals surface area contributed by atoms with Crippen LogP contribution in [0.25, 0.3) is 0 Å². The molecule has 0 aromatic carbocycles. The molecule has 0 aromatic rings. The Balaban J connectivity index is 1.86. The van der Waals surface area contributed by atoms with E-state index in [0.717, 1.165) is 7.11 Å². The molecule has 12 N–H and O–H groups in total. The van der Waals surface area contributed by atoms with E-state index in [0.29, 0.717) is 0 Å². The lowest BCUT2D eigenvalue weighted by Crippen LogP contribution is -2.59. The van der Waals surface area contributed by atoms with Gasteiger partial charge in [0.15, 0.2) is 12.1 Å². The summed E-state index contributed by atoms with van der Waals surface area (Å²) in [7, 11) is 1.12. The topological polar surface area (TPSA) is 309 Å². The van der Waals surface area contributed by atoms with Gasteiger partial charge in [-0.15, -0.1) is 0 Å². The summed E-state index contributed by atoms with van der Waals surface area (Å²) in [6.45, 7) is 4.98. The first kappa shape index (κ1) is 55.9. The standard InChI is InChI=1S/C47H73NO17/c1-28-17-15-13-11-9-7-5-6-8-10-12-14-16-18-34(64-46-44(58)42(48)38(55)27-62-46)24-39-41(45(59)61-4)37(54)26-47(60,65-39)25-33(51)22-36(53)35(52)20-19-31(49)21-32(50)23-40(56)63-30(3)29(2)43(28)57/h5-18,28-39,41-44,46,49-55,57-58,60H,19-27,48H2,1-4H3/b6-5+,9-7+,10-8+,13-11+,14-12+,17-15+,18-16+/t28-,29-,30-,31?,32?,33?,34?,35?,36?,37-,38?,39-,41?,42-,43?,44?,46-,47?/m0/s1. The van der Waals surface area contributed by atoms with Gasteiger partial charge in [0.05, 0.1) is 87.2 Å². The number of esters is 2. The Labute approximate surface area is 381 Å². The molecule has 0 saturated carbocycles. The van der Waals surface area contributed by atoms with Crippen LogP contribution in [0.2, 0.25) is 0 Å². The highest BCUT2D eigenvalue weighted by atomic mass is 16.7. The molecule has 3 rings (SSSR count). The van der Waals surface area contributed by atoms with Gasteiger partial charge in [0.25, 0.3) is 0 Å². The van der Waals surface area contributed by atoms with Gasteiger partial charge in [-0.25, -0.2) is 0 Å². The molecular weight excluding hydrogens is 851 g/mol. The number of fused-ring (bicyclic) bond motifs is 2. The number of methoxy groups -OCH3 is 1. The maximum absolute atomic E-state index is 13.0. The third-order valence-electron chi connectivity index (χ3n) is 11.9. The van der Waals surface area contributed by atoms with E-state index in [1.54, 1.807) is 68.5 Å². The van der Waals surface area contributed by atoms with E-state index in [1.165, 1.54) is 0 Å². The lowest BCUT2D eigenvalue weighted by Gasteiger charge is -2.45.